The number of nitrogens with one attached hydrogen (secondary N) is 2. The van der Waals surface area contributed by atoms with E-state index in [-0.39, 0.29) is 56.7 Å². The van der Waals surface area contributed by atoms with Gasteiger partial charge < -0.3 is 19.8 Å². The lowest BCUT2D eigenvalue weighted by Crippen LogP contribution is -2.27. The fraction of sp³-hybridized carbons (Fsp3) is 0.250. The van der Waals surface area contributed by atoms with Crippen LogP contribution in [0.5, 0.6) is 0 Å². The van der Waals surface area contributed by atoms with Gasteiger partial charge in [0, 0.05) is 41.0 Å². The van der Waals surface area contributed by atoms with Gasteiger partial charge in [0.2, 0.25) is 5.62 Å². The molecule has 1 unspecified atom stereocenters. The van der Waals surface area contributed by atoms with E-state index in [2.05, 4.69) is 15.6 Å². The van der Waals surface area contributed by atoms with Crippen molar-refractivity contribution in [1.29, 1.82) is 0 Å². The molecule has 0 aliphatic carbocycles. The Balaban J connectivity index is 1.80. The lowest BCUT2D eigenvalue weighted by Gasteiger charge is -2.19. The number of aryl methyl sites for hydroxylation is 1. The molecule has 7 nitrogen and oxygen atoms in total. The van der Waals surface area contributed by atoms with E-state index in [1.54, 1.807) is 6.92 Å². The van der Waals surface area contributed by atoms with Crippen LogP contribution < -0.4 is 16.3 Å². The Bertz CT molecular complexity index is 1860. The SMILES string of the molecule is CCN=c1n(C)c2c3c(c(NC(=O)c4cc(F)cc(C(F)(F)F)c4)cc2n1CC(F)F)C(c1cc(F)ccc1Cl)NC3=O. The highest BCUT2D eigenvalue weighted by molar-refractivity contribution is 6.31. The number of anilines is 1. The number of nitrogens with zero attached hydrogens (tertiary/aromatic N) is 3. The van der Waals surface area contributed by atoms with Crippen LogP contribution in [0.25, 0.3) is 11.0 Å². The Labute approximate surface area is 243 Å². The lowest BCUT2D eigenvalue weighted by molar-refractivity contribution is -0.137. The number of rotatable bonds is 6. The molecule has 1 aromatic heterocycles. The van der Waals surface area contributed by atoms with E-state index in [1.165, 1.54) is 23.7 Å². The van der Waals surface area contributed by atoms with Crippen LogP contribution in [0.3, 0.4) is 0 Å². The fourth-order valence-corrected chi connectivity index (χ4v) is 5.44. The topological polar surface area (TPSA) is 80.4 Å². The zero-order chi connectivity index (χ0) is 31.4. The van der Waals surface area contributed by atoms with Gasteiger partial charge in [0.15, 0.2) is 0 Å². The molecule has 2 heterocycles. The molecular weight excluding hydrogens is 607 g/mol. The summed E-state index contributed by atoms with van der Waals surface area (Å²) in [6, 6.07) is 4.73. The quantitative estimate of drug-likeness (QED) is 0.250. The third-order valence-electron chi connectivity index (χ3n) is 6.90. The Kier molecular flexibility index (Phi) is 7.75. The van der Waals surface area contributed by atoms with Crippen molar-refractivity contribution in [2.45, 2.75) is 32.1 Å². The van der Waals surface area contributed by atoms with E-state index in [9.17, 15) is 40.3 Å². The van der Waals surface area contributed by atoms with E-state index in [1.807, 2.05) is 0 Å². The number of amides is 2. The number of imidazole rings is 1. The molecule has 1 atom stereocenters. The van der Waals surface area contributed by atoms with Gasteiger partial charge in [0.1, 0.15) is 11.6 Å². The van der Waals surface area contributed by atoms with E-state index in [0.29, 0.717) is 12.1 Å². The molecule has 0 fully saturated rings. The Morgan fingerprint density at radius 3 is 2.49 bits per heavy atom. The van der Waals surface area contributed by atoms with Gasteiger partial charge in [-0.15, -0.1) is 0 Å². The highest BCUT2D eigenvalue weighted by Crippen LogP contribution is 2.43. The smallest absolute Gasteiger partial charge is 0.341 e. The summed E-state index contributed by atoms with van der Waals surface area (Å²) in [5.41, 5.74) is -2.00. The molecule has 5 rings (SSSR count). The maximum absolute atomic E-state index is 14.3. The van der Waals surface area contributed by atoms with Gasteiger partial charge in [0.25, 0.3) is 18.2 Å². The normalized spacial score (nSPS) is 15.4. The van der Waals surface area contributed by atoms with E-state index in [4.69, 9.17) is 11.6 Å². The first-order valence-corrected chi connectivity index (χ1v) is 13.1. The van der Waals surface area contributed by atoms with Crippen LogP contribution in [0.1, 0.15) is 50.4 Å². The molecule has 4 aromatic rings. The number of hydrogen-bond acceptors (Lipinski definition) is 3. The van der Waals surface area contributed by atoms with Gasteiger partial charge in [-0.1, -0.05) is 11.6 Å². The second kappa shape index (κ2) is 11.1. The minimum Gasteiger partial charge on any atom is -0.341 e. The average molecular weight is 628 g/mol. The standard InChI is InChI=1S/C28H21ClF7N5O2/c1-3-37-27-40(2)24-19(41(27)11-20(32)33)10-18(38-25(42)12-6-13(28(34,35)36)8-15(31)7-12)21-22(24)26(43)39-23(21)16-9-14(30)4-5-17(16)29/h4-10,20,23H,3,11H2,1-2H3,(H,38,42)(H,39,43). The van der Waals surface area contributed by atoms with Crippen molar-refractivity contribution in [2.75, 3.05) is 11.9 Å². The van der Waals surface area contributed by atoms with Gasteiger partial charge in [-0.2, -0.15) is 13.2 Å². The summed E-state index contributed by atoms with van der Waals surface area (Å²) in [5.74, 6) is -3.94. The zero-order valence-corrected chi connectivity index (χ0v) is 23.0. The molecule has 43 heavy (non-hydrogen) atoms. The van der Waals surface area contributed by atoms with E-state index >= 15 is 0 Å². The first-order valence-electron chi connectivity index (χ1n) is 12.7. The Morgan fingerprint density at radius 1 is 1.12 bits per heavy atom. The molecule has 3 aromatic carbocycles. The second-order valence-corrected chi connectivity index (χ2v) is 10.1. The molecule has 0 spiro atoms. The van der Waals surface area contributed by atoms with Crippen LogP contribution in [0.15, 0.2) is 47.5 Å². The first kappa shape index (κ1) is 30.1. The third kappa shape index (κ3) is 5.46. The van der Waals surface area contributed by atoms with Crippen molar-refractivity contribution in [3.05, 3.63) is 92.6 Å². The van der Waals surface area contributed by atoms with Crippen LogP contribution >= 0.6 is 11.6 Å². The Morgan fingerprint density at radius 2 is 1.84 bits per heavy atom. The molecule has 0 saturated heterocycles. The van der Waals surface area contributed by atoms with Crippen LogP contribution in [0.2, 0.25) is 5.02 Å². The number of fused-ring (bicyclic) bond motifs is 3. The van der Waals surface area contributed by atoms with Crippen molar-refractivity contribution in [1.82, 2.24) is 14.5 Å². The van der Waals surface area contributed by atoms with Crippen molar-refractivity contribution < 1.29 is 40.3 Å². The molecule has 0 radical (unpaired) electrons. The molecule has 0 saturated carbocycles. The summed E-state index contributed by atoms with van der Waals surface area (Å²) >= 11 is 6.34. The van der Waals surface area contributed by atoms with Gasteiger partial charge >= 0.3 is 6.18 Å². The average Bonchev–Trinajstić information content (AvgIpc) is 3.39. The van der Waals surface area contributed by atoms with E-state index < -0.39 is 59.8 Å². The number of carbonyl (C=O) groups is 2. The first-order chi connectivity index (χ1) is 20.2. The monoisotopic (exact) mass is 627 g/mol. The number of carbonyl (C=O) groups excluding carboxylic acids is 2. The Hall–Kier alpha value is -4.33. The number of alkyl halides is 5. The molecule has 1 aliphatic rings. The van der Waals surface area contributed by atoms with Gasteiger partial charge in [0.05, 0.1) is 34.7 Å². The molecule has 2 amide bonds. The van der Waals surface area contributed by atoms with Crippen molar-refractivity contribution in [3.63, 3.8) is 0 Å². The molecule has 226 valence electrons. The highest BCUT2D eigenvalue weighted by Gasteiger charge is 2.38. The summed E-state index contributed by atoms with van der Waals surface area (Å²) < 4.78 is 98.4. The third-order valence-corrected chi connectivity index (χ3v) is 7.25. The molecule has 0 bridgehead atoms. The van der Waals surface area contributed by atoms with Crippen LogP contribution in [0, 0.1) is 11.6 Å². The fourth-order valence-electron chi connectivity index (χ4n) is 5.21. The number of aromatic nitrogens is 2. The molecular formula is C28H21ClF7N5O2. The predicted octanol–water partition coefficient (Wildman–Crippen LogP) is 6.20. The molecule has 2 N–H and O–H groups in total. The summed E-state index contributed by atoms with van der Waals surface area (Å²) in [4.78, 5) is 31.0. The minimum absolute atomic E-state index is 0.0400. The largest absolute Gasteiger partial charge is 0.416 e. The van der Waals surface area contributed by atoms with Crippen LogP contribution in [-0.4, -0.2) is 33.9 Å². The van der Waals surface area contributed by atoms with Crippen molar-refractivity contribution >= 4 is 40.1 Å². The number of benzene rings is 3. The van der Waals surface area contributed by atoms with Crippen molar-refractivity contribution in [3.8, 4) is 0 Å². The predicted molar refractivity (Wildman–Crippen MR) is 143 cm³/mol. The summed E-state index contributed by atoms with van der Waals surface area (Å²) in [7, 11) is 1.50. The molecule has 15 heteroatoms. The maximum atomic E-state index is 14.3. The van der Waals surface area contributed by atoms with Gasteiger partial charge in [-0.05, 0) is 49.4 Å². The summed E-state index contributed by atoms with van der Waals surface area (Å²) in [6.07, 6.45) is -7.81. The second-order valence-electron chi connectivity index (χ2n) is 9.67. The van der Waals surface area contributed by atoms with Crippen LogP contribution in [0.4, 0.5) is 36.4 Å². The van der Waals surface area contributed by atoms with Crippen LogP contribution in [-0.2, 0) is 19.8 Å². The lowest BCUT2D eigenvalue weighted by atomic mass is 9.95. The summed E-state index contributed by atoms with van der Waals surface area (Å²) in [5, 5.41) is 5.11. The minimum atomic E-state index is -4.96. The highest BCUT2D eigenvalue weighted by atomic mass is 35.5. The zero-order valence-electron chi connectivity index (χ0n) is 22.3. The number of halogens is 8. The molecule has 1 aliphatic heterocycles. The summed E-state index contributed by atoms with van der Waals surface area (Å²) in [6.45, 7) is 1.01. The van der Waals surface area contributed by atoms with Crippen molar-refractivity contribution in [2.24, 2.45) is 12.0 Å². The van der Waals surface area contributed by atoms with E-state index in [0.717, 1.165) is 16.7 Å². The van der Waals surface area contributed by atoms with Gasteiger partial charge in [-0.25, -0.2) is 17.6 Å². The maximum Gasteiger partial charge on any atom is 0.416 e. The number of hydrogen-bond donors (Lipinski definition) is 2. The van der Waals surface area contributed by atoms with Gasteiger partial charge in [-0.3, -0.25) is 14.6 Å².